The number of hydrogen-bond acceptors (Lipinski definition) is 9. The van der Waals surface area contributed by atoms with E-state index in [-0.39, 0.29) is 76.2 Å². The fourth-order valence-corrected chi connectivity index (χ4v) is 3.25. The van der Waals surface area contributed by atoms with Crippen LogP contribution in [0.4, 0.5) is 11.4 Å². The van der Waals surface area contributed by atoms with Crippen LogP contribution in [0.1, 0.15) is 0 Å². The zero-order valence-corrected chi connectivity index (χ0v) is 20.9. The molecule has 0 saturated heterocycles. The van der Waals surface area contributed by atoms with Crippen molar-refractivity contribution in [1.82, 2.24) is 0 Å². The Morgan fingerprint density at radius 1 is 0.690 bits per heavy atom. The van der Waals surface area contributed by atoms with Crippen LogP contribution < -0.4 is 59.1 Å². The first-order chi connectivity index (χ1) is 12.5. The van der Waals surface area contributed by atoms with Crippen molar-refractivity contribution in [3.05, 3.63) is 54.6 Å². The van der Waals surface area contributed by atoms with Crippen LogP contribution in [0.25, 0.3) is 10.8 Å². The van der Waals surface area contributed by atoms with Crippen LogP contribution in [-0.2, 0) is 20.2 Å². The fraction of sp³-hybridized carbons (Fsp3) is 0. The van der Waals surface area contributed by atoms with Gasteiger partial charge in [0, 0.05) is 0 Å². The Labute approximate surface area is 210 Å². The first kappa shape index (κ1) is 26.2. The Morgan fingerprint density at radius 2 is 1.24 bits per heavy atom. The number of aromatic hydroxyl groups is 1. The number of phenolic OH excluding ortho intramolecular Hbond substituents is 1. The van der Waals surface area contributed by atoms with Gasteiger partial charge in [-0.25, -0.2) is 16.8 Å². The molecule has 0 spiro atoms. The van der Waals surface area contributed by atoms with Crippen molar-refractivity contribution in [3.8, 4) is 5.75 Å². The van der Waals surface area contributed by atoms with E-state index in [9.17, 15) is 31.0 Å². The molecular weight excluding hydrogens is 442 g/mol. The van der Waals surface area contributed by atoms with Gasteiger partial charge < -0.3 is 14.2 Å². The van der Waals surface area contributed by atoms with Gasteiger partial charge in [0.25, 0.3) is 0 Å². The second kappa shape index (κ2) is 9.96. The molecule has 0 saturated carbocycles. The molecule has 0 aromatic heterocycles. The third kappa shape index (κ3) is 6.56. The first-order valence-corrected chi connectivity index (χ1v) is 10.1. The molecule has 0 amide bonds. The van der Waals surface area contributed by atoms with Crippen molar-refractivity contribution in [1.29, 1.82) is 0 Å². The van der Waals surface area contributed by atoms with E-state index in [1.807, 2.05) is 0 Å². The van der Waals surface area contributed by atoms with Crippen molar-refractivity contribution < 1.29 is 90.2 Å². The summed E-state index contributed by atoms with van der Waals surface area (Å²) >= 11 is 0. The molecule has 9 nitrogen and oxygen atoms in total. The largest absolute Gasteiger partial charge is 1.00 e. The van der Waals surface area contributed by atoms with Crippen LogP contribution in [0.5, 0.6) is 5.75 Å². The normalized spacial score (nSPS) is 11.8. The molecule has 140 valence electrons. The van der Waals surface area contributed by atoms with Gasteiger partial charge in [0.1, 0.15) is 31.7 Å². The van der Waals surface area contributed by atoms with Gasteiger partial charge in [-0.05, 0) is 59.3 Å². The number of rotatable bonds is 4. The fourth-order valence-electron chi connectivity index (χ4n) is 2.28. The van der Waals surface area contributed by atoms with Gasteiger partial charge in [0.2, 0.25) is 0 Å². The van der Waals surface area contributed by atoms with Gasteiger partial charge in [-0.3, -0.25) is 0 Å². The average Bonchev–Trinajstić information content (AvgIpc) is 2.58. The predicted molar refractivity (Wildman–Crippen MR) is 92.2 cm³/mol. The van der Waals surface area contributed by atoms with Crippen molar-refractivity contribution in [2.75, 3.05) is 0 Å². The number of hydrogen-bond donors (Lipinski definition) is 1. The number of benzene rings is 3. The molecule has 3 aromatic carbocycles. The SMILES string of the molecule is O=S(=O)([O-])c1ccc(N=Nc2cc3cc(S(=O)(=O)[O-])ccc3cc2O)cc1.[Na+].[Na+]. The standard InChI is InChI=1S/C16H12N2O7S2.2Na/c19-16-9-10-1-4-14(27(23,24)25)7-11(10)8-15(16)18-17-12-2-5-13(6-3-12)26(20,21)22;;/h1-9,19H,(H,20,21,22)(H,23,24,25);;/q;2*+1/p-2. The molecule has 3 rings (SSSR count). The molecule has 0 aliphatic heterocycles. The summed E-state index contributed by atoms with van der Waals surface area (Å²) in [5.74, 6) is -0.234. The van der Waals surface area contributed by atoms with E-state index in [4.69, 9.17) is 0 Å². The quantitative estimate of drug-likeness (QED) is 0.248. The summed E-state index contributed by atoms with van der Waals surface area (Å²) in [5.41, 5.74) is 0.223. The first-order valence-electron chi connectivity index (χ1n) is 7.24. The number of phenols is 1. The number of fused-ring (bicyclic) bond motifs is 1. The molecule has 0 atom stereocenters. The van der Waals surface area contributed by atoms with Crippen LogP contribution in [0.3, 0.4) is 0 Å². The number of azo groups is 1. The van der Waals surface area contributed by atoms with Crippen LogP contribution >= 0.6 is 0 Å². The van der Waals surface area contributed by atoms with E-state index in [2.05, 4.69) is 10.2 Å². The van der Waals surface area contributed by atoms with Gasteiger partial charge in [0.05, 0.1) is 15.5 Å². The Balaban J connectivity index is 0.00000210. The topological polar surface area (TPSA) is 159 Å². The maximum atomic E-state index is 11.1. The smallest absolute Gasteiger partial charge is 0.744 e. The second-order valence-electron chi connectivity index (χ2n) is 5.45. The molecule has 1 N–H and O–H groups in total. The zero-order valence-electron chi connectivity index (χ0n) is 15.3. The molecule has 0 unspecified atom stereocenters. The van der Waals surface area contributed by atoms with Crippen molar-refractivity contribution in [3.63, 3.8) is 0 Å². The molecule has 0 aliphatic rings. The monoisotopic (exact) mass is 452 g/mol. The molecule has 3 aromatic rings. The molecule has 0 aliphatic carbocycles. The minimum Gasteiger partial charge on any atom is -0.744 e. The van der Waals surface area contributed by atoms with Crippen molar-refractivity contribution in [2.45, 2.75) is 9.79 Å². The summed E-state index contributed by atoms with van der Waals surface area (Å²) in [6.45, 7) is 0. The summed E-state index contributed by atoms with van der Waals surface area (Å²) in [6.07, 6.45) is 0. The third-order valence-corrected chi connectivity index (χ3v) is 5.27. The summed E-state index contributed by atoms with van der Waals surface area (Å²) in [4.78, 5) is -0.834. The van der Waals surface area contributed by atoms with Crippen LogP contribution in [0.2, 0.25) is 0 Å². The predicted octanol–water partition coefficient (Wildman–Crippen LogP) is -3.22. The van der Waals surface area contributed by atoms with E-state index in [0.29, 0.717) is 10.8 Å². The molecular formula is C16H10N2Na2O7S2. The Bertz CT molecular complexity index is 1280. The van der Waals surface area contributed by atoms with Crippen LogP contribution in [-0.4, -0.2) is 31.0 Å². The van der Waals surface area contributed by atoms with E-state index >= 15 is 0 Å². The van der Waals surface area contributed by atoms with Gasteiger partial charge in [-0.2, -0.15) is 5.11 Å². The summed E-state index contributed by atoms with van der Waals surface area (Å²) < 4.78 is 66.0. The molecule has 0 radical (unpaired) electrons. The summed E-state index contributed by atoms with van der Waals surface area (Å²) in [6, 6.07) is 11.0. The van der Waals surface area contributed by atoms with Gasteiger partial charge in [0.15, 0.2) is 0 Å². The number of nitrogens with zero attached hydrogens (tertiary/aromatic N) is 2. The molecule has 0 heterocycles. The van der Waals surface area contributed by atoms with Gasteiger partial charge >= 0.3 is 59.1 Å². The minimum absolute atomic E-state index is 0. The van der Waals surface area contributed by atoms with Crippen LogP contribution in [0.15, 0.2) is 74.6 Å². The maximum Gasteiger partial charge on any atom is 1.00 e. The van der Waals surface area contributed by atoms with E-state index < -0.39 is 30.0 Å². The Hall–Kier alpha value is -0.860. The third-order valence-electron chi connectivity index (χ3n) is 3.59. The maximum absolute atomic E-state index is 11.1. The summed E-state index contributed by atoms with van der Waals surface area (Å²) in [5, 5.41) is 18.5. The van der Waals surface area contributed by atoms with E-state index in [1.54, 1.807) is 0 Å². The van der Waals surface area contributed by atoms with Gasteiger partial charge in [-0.1, -0.05) is 6.07 Å². The van der Waals surface area contributed by atoms with E-state index in [0.717, 1.165) is 24.3 Å². The minimum atomic E-state index is -4.63. The summed E-state index contributed by atoms with van der Waals surface area (Å²) in [7, 11) is -9.20. The van der Waals surface area contributed by atoms with Gasteiger partial charge in [-0.15, -0.1) is 5.11 Å². The average molecular weight is 452 g/mol. The van der Waals surface area contributed by atoms with E-state index in [1.165, 1.54) is 30.3 Å². The molecule has 0 fully saturated rings. The molecule has 29 heavy (non-hydrogen) atoms. The Kier molecular flexibility index (Phi) is 8.99. The zero-order chi connectivity index (χ0) is 19.8. The Morgan fingerprint density at radius 3 is 1.79 bits per heavy atom. The van der Waals surface area contributed by atoms with Crippen molar-refractivity contribution in [2.24, 2.45) is 10.2 Å². The second-order valence-corrected chi connectivity index (χ2v) is 8.21. The van der Waals surface area contributed by atoms with Crippen LogP contribution in [0, 0.1) is 0 Å². The molecule has 0 bridgehead atoms. The van der Waals surface area contributed by atoms with Crippen molar-refractivity contribution >= 4 is 42.4 Å². The molecule has 13 heteroatoms.